The predicted molar refractivity (Wildman–Crippen MR) is 157 cm³/mol. The number of fused-ring (bicyclic) bond motifs is 1. The Kier molecular flexibility index (Phi) is 12.3. The molecule has 0 aromatic carbocycles. The number of aliphatic hydroxyl groups is 5. The Balaban J connectivity index is 1.40. The van der Waals surface area contributed by atoms with E-state index in [0.717, 1.165) is 32.5 Å². The molecule has 2 aromatic heterocycles. The molecule has 1 amide bonds. The van der Waals surface area contributed by atoms with Crippen molar-refractivity contribution in [1.82, 2.24) is 24.8 Å². The number of aromatic amines is 1. The van der Waals surface area contributed by atoms with Crippen molar-refractivity contribution in [3.05, 3.63) is 16.7 Å². The monoisotopic (exact) mass is 752 g/mol. The molecule has 2 saturated heterocycles. The Morgan fingerprint density at radius 1 is 1.11 bits per heavy atom. The molecule has 11 N–H and O–H groups in total. The standard InChI is InChI=1S/C20H30N6O17P2S2/c1-6(28)47-46-4-9(29)23-10-14(32)12(30)7(2-27)41-19(10)42-45(37,38)43-44(35,36)39-3-8-13(31)15(33)18(40-8)26-5-22-11-16(26)24-20(21)25-17(11)34/h5,7-8,10,12-15,18-19,27,30-33H,2-4H2,1H3,(H,23,29)(H,35,36)(H,37,38)(H3,21,24,25,34). The number of carbonyl (C=O) groups excluding carboxylic acids is 2. The van der Waals surface area contributed by atoms with Gasteiger partial charge < -0.3 is 55.8 Å². The van der Waals surface area contributed by atoms with Gasteiger partial charge in [-0.05, 0) is 10.8 Å². The van der Waals surface area contributed by atoms with Crippen molar-refractivity contribution < 1.29 is 76.9 Å². The third kappa shape index (κ3) is 9.16. The van der Waals surface area contributed by atoms with Crippen LogP contribution in [0.25, 0.3) is 11.2 Å². The summed E-state index contributed by atoms with van der Waals surface area (Å²) in [5.41, 5.74) is 4.53. The Morgan fingerprint density at radius 2 is 1.79 bits per heavy atom. The molecule has 2 fully saturated rings. The number of carbonyl (C=O) groups is 2. The van der Waals surface area contributed by atoms with Crippen LogP contribution >= 0.6 is 37.2 Å². The highest BCUT2D eigenvalue weighted by Gasteiger charge is 2.50. The molecule has 27 heteroatoms. The van der Waals surface area contributed by atoms with Gasteiger partial charge in [-0.25, -0.2) is 14.1 Å². The van der Waals surface area contributed by atoms with E-state index < -0.39 is 95.5 Å². The largest absolute Gasteiger partial charge is 0.483 e. The normalized spacial score (nSPS) is 32.1. The Hall–Kier alpha value is -2.03. The summed E-state index contributed by atoms with van der Waals surface area (Å²) in [7, 11) is -9.76. The number of phosphoric ester groups is 2. The van der Waals surface area contributed by atoms with Crippen molar-refractivity contribution in [3.63, 3.8) is 0 Å². The molecule has 2 aliphatic rings. The van der Waals surface area contributed by atoms with Gasteiger partial charge in [0.05, 0.1) is 25.3 Å². The van der Waals surface area contributed by atoms with Crippen molar-refractivity contribution in [2.45, 2.75) is 62.1 Å². The predicted octanol–water partition coefficient (Wildman–Crippen LogP) is -3.58. The minimum Gasteiger partial charge on any atom is -0.394 e. The fourth-order valence-electron chi connectivity index (χ4n) is 4.42. The number of nitrogens with two attached hydrogens (primary N) is 1. The molecule has 0 saturated carbocycles. The minimum atomic E-state index is -5.72. The number of anilines is 1. The lowest BCUT2D eigenvalue weighted by molar-refractivity contribution is -0.247. The van der Waals surface area contributed by atoms with E-state index in [-0.39, 0.29) is 28.0 Å². The smallest absolute Gasteiger partial charge is 0.394 e. The maximum atomic E-state index is 12.7. The fraction of sp³-hybridized carbons (Fsp3) is 0.650. The SMILES string of the molecule is CC(=O)SSCC(=O)NC1C(OP(=O)(O)OP(=O)(O)OCC2OC(n3cnc4c(=O)[nH]c(N)nc43)C(O)C2O)OC(CO)C(O)C1O. The Labute approximate surface area is 270 Å². The van der Waals surface area contributed by atoms with Gasteiger partial charge in [0.25, 0.3) is 5.56 Å². The number of hydrogen-bond donors (Lipinski definition) is 10. The number of nitrogens with one attached hydrogen (secondary N) is 2. The van der Waals surface area contributed by atoms with Crippen LogP contribution in [0, 0.1) is 0 Å². The third-order valence-corrected chi connectivity index (χ3v) is 11.2. The molecule has 4 heterocycles. The van der Waals surface area contributed by atoms with E-state index in [9.17, 15) is 58.8 Å². The molecule has 4 rings (SSSR count). The first-order valence-corrected chi connectivity index (χ1v) is 18.4. The summed E-state index contributed by atoms with van der Waals surface area (Å²) >= 11 is 0. The quantitative estimate of drug-likeness (QED) is 0.0698. The number of aliphatic hydroxyl groups excluding tert-OH is 5. The zero-order valence-electron chi connectivity index (χ0n) is 23.7. The van der Waals surface area contributed by atoms with Gasteiger partial charge in [0.1, 0.15) is 42.7 Å². The first kappa shape index (κ1) is 37.8. The highest BCUT2D eigenvalue weighted by molar-refractivity contribution is 8.82. The van der Waals surface area contributed by atoms with Crippen LogP contribution in [0.4, 0.5) is 5.95 Å². The molecule has 0 bridgehead atoms. The lowest BCUT2D eigenvalue weighted by Gasteiger charge is -2.42. The zero-order chi connectivity index (χ0) is 34.8. The molecular weight excluding hydrogens is 722 g/mol. The molecular formula is C20H30N6O17P2S2. The molecule has 0 radical (unpaired) electrons. The van der Waals surface area contributed by atoms with Crippen LogP contribution in [0.3, 0.4) is 0 Å². The number of rotatable bonds is 13. The summed E-state index contributed by atoms with van der Waals surface area (Å²) in [6.07, 6.45) is -13.1. The van der Waals surface area contributed by atoms with E-state index in [2.05, 4.69) is 29.1 Å². The first-order valence-electron chi connectivity index (χ1n) is 13.1. The van der Waals surface area contributed by atoms with E-state index in [4.69, 9.17) is 19.7 Å². The van der Waals surface area contributed by atoms with Crippen LogP contribution in [0.1, 0.15) is 13.2 Å². The number of H-pyrrole nitrogens is 1. The maximum absolute atomic E-state index is 12.7. The second-order valence-corrected chi connectivity index (χ2v) is 15.3. The van der Waals surface area contributed by atoms with Crippen LogP contribution in [0.15, 0.2) is 11.1 Å². The number of imidazole rings is 1. The van der Waals surface area contributed by atoms with E-state index in [1.54, 1.807) is 0 Å². The molecule has 0 spiro atoms. The number of hydrogen-bond acceptors (Lipinski definition) is 20. The minimum absolute atomic E-state index is 0.132. The van der Waals surface area contributed by atoms with Gasteiger partial charge in [-0.1, -0.05) is 10.8 Å². The van der Waals surface area contributed by atoms with Gasteiger partial charge >= 0.3 is 15.6 Å². The second-order valence-electron chi connectivity index (χ2n) is 9.88. The van der Waals surface area contributed by atoms with Gasteiger partial charge in [0, 0.05) is 6.92 Å². The number of amides is 1. The van der Waals surface area contributed by atoms with Crippen molar-refractivity contribution >= 4 is 65.4 Å². The number of nitrogens with zero attached hydrogens (tertiary/aromatic N) is 3. The molecule has 0 aliphatic carbocycles. The topological polar surface area (TPSA) is 358 Å². The zero-order valence-corrected chi connectivity index (χ0v) is 27.2. The number of nitrogen functional groups attached to an aromatic ring is 1. The van der Waals surface area contributed by atoms with Crippen LogP contribution in [-0.4, -0.2) is 134 Å². The summed E-state index contributed by atoms with van der Waals surface area (Å²) in [6.45, 7) is -0.721. The fourth-order valence-corrected chi connectivity index (χ4v) is 7.99. The average Bonchev–Trinajstić information content (AvgIpc) is 3.51. The summed E-state index contributed by atoms with van der Waals surface area (Å²) in [6, 6.07) is -1.80. The molecule has 23 nitrogen and oxygen atoms in total. The number of aromatic nitrogens is 4. The van der Waals surface area contributed by atoms with Crippen LogP contribution < -0.4 is 16.6 Å². The summed E-state index contributed by atoms with van der Waals surface area (Å²) < 4.78 is 50.8. The molecule has 2 aliphatic heterocycles. The van der Waals surface area contributed by atoms with E-state index in [1.807, 2.05) is 0 Å². The van der Waals surface area contributed by atoms with Crippen LogP contribution in [0.2, 0.25) is 0 Å². The Morgan fingerprint density at radius 3 is 2.45 bits per heavy atom. The highest BCUT2D eigenvalue weighted by atomic mass is 33.1. The maximum Gasteiger partial charge on any atom is 0.483 e. The first-order chi connectivity index (χ1) is 21.9. The van der Waals surface area contributed by atoms with Crippen LogP contribution in [-0.2, 0) is 41.6 Å². The molecule has 264 valence electrons. The van der Waals surface area contributed by atoms with Gasteiger partial charge in [0.2, 0.25) is 11.9 Å². The molecule has 2 aromatic rings. The number of ether oxygens (including phenoxy) is 2. The van der Waals surface area contributed by atoms with E-state index >= 15 is 0 Å². The van der Waals surface area contributed by atoms with Gasteiger partial charge in [-0.15, -0.1) is 0 Å². The summed E-state index contributed by atoms with van der Waals surface area (Å²) in [5.74, 6) is -1.51. The van der Waals surface area contributed by atoms with Crippen molar-refractivity contribution in [2.24, 2.45) is 0 Å². The highest BCUT2D eigenvalue weighted by Crippen LogP contribution is 2.61. The third-order valence-electron chi connectivity index (χ3n) is 6.48. The van der Waals surface area contributed by atoms with Gasteiger partial charge in [0.15, 0.2) is 28.8 Å². The van der Waals surface area contributed by atoms with Gasteiger partial charge in [-0.3, -0.25) is 33.0 Å². The van der Waals surface area contributed by atoms with E-state index in [1.165, 1.54) is 6.92 Å². The average molecular weight is 753 g/mol. The lowest BCUT2D eigenvalue weighted by atomic mass is 9.97. The van der Waals surface area contributed by atoms with Crippen molar-refractivity contribution in [2.75, 3.05) is 24.7 Å². The van der Waals surface area contributed by atoms with Crippen LogP contribution in [0.5, 0.6) is 0 Å². The Bertz CT molecular complexity index is 1610. The van der Waals surface area contributed by atoms with Crippen molar-refractivity contribution in [3.8, 4) is 0 Å². The molecule has 11 unspecified atom stereocenters. The summed E-state index contributed by atoms with van der Waals surface area (Å²) in [4.78, 5) is 65.8. The second kappa shape index (κ2) is 15.2. The van der Waals surface area contributed by atoms with E-state index in [0.29, 0.717) is 0 Å². The summed E-state index contributed by atoms with van der Waals surface area (Å²) in [5, 5.41) is 53.0. The molecule has 47 heavy (non-hydrogen) atoms. The van der Waals surface area contributed by atoms with Gasteiger partial charge in [-0.2, -0.15) is 9.29 Å². The lowest BCUT2D eigenvalue weighted by Crippen LogP contribution is -2.64. The number of phosphoric acid groups is 2. The molecule has 11 atom stereocenters. The van der Waals surface area contributed by atoms with Crippen molar-refractivity contribution in [1.29, 1.82) is 0 Å².